The molecule has 0 spiro atoms. The first kappa shape index (κ1) is 24.3. The SMILES string of the molecule is O=C(N1CCC(CC(=O)N(c2ccccc2)C2CCCCC2)(C(=O)O)CC1)N1CCc2ccccc21. The lowest BCUT2D eigenvalue weighted by molar-refractivity contribution is -0.154. The highest BCUT2D eigenvalue weighted by Crippen LogP contribution is 2.39. The average molecular weight is 490 g/mol. The fourth-order valence-electron chi connectivity index (χ4n) is 6.16. The molecule has 190 valence electrons. The van der Waals surface area contributed by atoms with Gasteiger partial charge >= 0.3 is 12.0 Å². The number of carbonyl (C=O) groups excluding carboxylic acids is 2. The molecular formula is C29H35N3O4. The van der Waals surface area contributed by atoms with Gasteiger partial charge in [-0.2, -0.15) is 0 Å². The van der Waals surface area contributed by atoms with Crippen LogP contribution in [-0.2, 0) is 16.0 Å². The second kappa shape index (κ2) is 10.3. The lowest BCUT2D eigenvalue weighted by Gasteiger charge is -2.41. The highest BCUT2D eigenvalue weighted by atomic mass is 16.4. The normalized spacial score (nSPS) is 19.6. The number of urea groups is 1. The van der Waals surface area contributed by atoms with Crippen molar-refractivity contribution < 1.29 is 19.5 Å². The molecule has 0 radical (unpaired) electrons. The summed E-state index contributed by atoms with van der Waals surface area (Å²) >= 11 is 0. The molecule has 5 rings (SSSR count). The zero-order valence-corrected chi connectivity index (χ0v) is 20.8. The number of benzene rings is 2. The Morgan fingerprint density at radius 2 is 1.56 bits per heavy atom. The minimum atomic E-state index is -1.15. The van der Waals surface area contributed by atoms with Gasteiger partial charge in [0.15, 0.2) is 0 Å². The van der Waals surface area contributed by atoms with E-state index in [1.807, 2.05) is 59.5 Å². The largest absolute Gasteiger partial charge is 0.481 e. The Hall–Kier alpha value is -3.35. The maximum atomic E-state index is 13.8. The van der Waals surface area contributed by atoms with Crippen LogP contribution in [-0.4, -0.2) is 53.6 Å². The molecule has 2 fully saturated rings. The predicted molar refractivity (Wildman–Crippen MR) is 139 cm³/mol. The molecule has 1 N–H and O–H groups in total. The van der Waals surface area contributed by atoms with Crippen molar-refractivity contribution >= 4 is 29.3 Å². The van der Waals surface area contributed by atoms with Crippen molar-refractivity contribution in [3.63, 3.8) is 0 Å². The summed E-state index contributed by atoms with van der Waals surface area (Å²) in [6, 6.07) is 17.6. The zero-order valence-electron chi connectivity index (χ0n) is 20.8. The zero-order chi connectivity index (χ0) is 25.1. The molecular weight excluding hydrogens is 454 g/mol. The van der Waals surface area contributed by atoms with Crippen molar-refractivity contribution in [3.8, 4) is 0 Å². The van der Waals surface area contributed by atoms with Gasteiger partial charge in [-0.05, 0) is 55.9 Å². The molecule has 3 aliphatic rings. The maximum absolute atomic E-state index is 13.8. The Labute approximate surface area is 212 Å². The summed E-state index contributed by atoms with van der Waals surface area (Å²) in [6.07, 6.45) is 6.59. The van der Waals surface area contributed by atoms with E-state index < -0.39 is 11.4 Å². The summed E-state index contributed by atoms with van der Waals surface area (Å²) < 4.78 is 0. The average Bonchev–Trinajstić information content (AvgIpc) is 3.34. The molecule has 2 aromatic carbocycles. The standard InChI is InChI=1S/C29H35N3O4/c33-26(32(23-10-3-1-4-11-23)24-12-5-2-6-13-24)21-29(27(34)35)16-19-30(20-17-29)28(36)31-18-15-22-9-7-8-14-25(22)31/h1,3-4,7-11,14,24H,2,5-6,12-13,15-21H2,(H,34,35). The van der Waals surface area contributed by atoms with Gasteiger partial charge < -0.3 is 14.9 Å². The topological polar surface area (TPSA) is 81.2 Å². The van der Waals surface area contributed by atoms with Crippen LogP contribution < -0.4 is 9.80 Å². The summed E-state index contributed by atoms with van der Waals surface area (Å²) in [5, 5.41) is 10.3. The van der Waals surface area contributed by atoms with E-state index in [1.54, 1.807) is 9.80 Å². The molecule has 7 heteroatoms. The van der Waals surface area contributed by atoms with Gasteiger partial charge in [-0.3, -0.25) is 14.5 Å². The number of piperidine rings is 1. The van der Waals surface area contributed by atoms with E-state index in [0.29, 0.717) is 19.6 Å². The number of carboxylic acid groups (broad SMARTS) is 1. The van der Waals surface area contributed by atoms with Gasteiger partial charge in [-0.1, -0.05) is 55.7 Å². The van der Waals surface area contributed by atoms with Crippen LogP contribution in [0.15, 0.2) is 54.6 Å². The van der Waals surface area contributed by atoms with Gasteiger partial charge in [-0.25, -0.2) is 4.79 Å². The Morgan fingerprint density at radius 3 is 2.25 bits per heavy atom. The summed E-state index contributed by atoms with van der Waals surface area (Å²) in [7, 11) is 0. The van der Waals surface area contributed by atoms with Crippen LogP contribution in [0.5, 0.6) is 0 Å². The minimum absolute atomic E-state index is 0.0394. The highest BCUT2D eigenvalue weighted by molar-refractivity contribution is 5.97. The molecule has 1 aliphatic carbocycles. The van der Waals surface area contributed by atoms with E-state index in [1.165, 1.54) is 6.42 Å². The number of rotatable bonds is 5. The third kappa shape index (κ3) is 4.71. The molecule has 3 amide bonds. The molecule has 2 aliphatic heterocycles. The van der Waals surface area contributed by atoms with Gasteiger partial charge in [0.2, 0.25) is 5.91 Å². The van der Waals surface area contributed by atoms with Gasteiger partial charge in [0.1, 0.15) is 0 Å². The second-order valence-electron chi connectivity index (χ2n) is 10.5. The molecule has 0 atom stereocenters. The van der Waals surface area contributed by atoms with Gasteiger partial charge in [-0.15, -0.1) is 0 Å². The minimum Gasteiger partial charge on any atom is -0.481 e. The van der Waals surface area contributed by atoms with Crippen molar-refractivity contribution in [3.05, 3.63) is 60.2 Å². The number of carboxylic acids is 1. The number of nitrogens with zero attached hydrogens (tertiary/aromatic N) is 3. The van der Waals surface area contributed by atoms with Gasteiger partial charge in [0, 0.05) is 43.5 Å². The van der Waals surface area contributed by atoms with Crippen LogP contribution in [0, 0.1) is 5.41 Å². The van der Waals surface area contributed by atoms with Crippen LogP contribution in [0.1, 0.15) is 56.9 Å². The van der Waals surface area contributed by atoms with Crippen LogP contribution >= 0.6 is 0 Å². The van der Waals surface area contributed by atoms with Crippen LogP contribution in [0.2, 0.25) is 0 Å². The smallest absolute Gasteiger partial charge is 0.324 e. The molecule has 1 saturated carbocycles. The van der Waals surface area contributed by atoms with Gasteiger partial charge in [0.25, 0.3) is 0 Å². The Balaban J connectivity index is 1.30. The summed E-state index contributed by atoms with van der Waals surface area (Å²) in [5.74, 6) is -1.06. The number of hydrogen-bond donors (Lipinski definition) is 1. The van der Waals surface area contributed by atoms with Crippen molar-refractivity contribution in [1.82, 2.24) is 4.90 Å². The van der Waals surface area contributed by atoms with Crippen molar-refractivity contribution in [2.45, 2.75) is 63.8 Å². The van der Waals surface area contributed by atoms with E-state index in [-0.39, 0.29) is 37.2 Å². The Bertz CT molecular complexity index is 1100. The van der Waals surface area contributed by atoms with E-state index >= 15 is 0 Å². The lowest BCUT2D eigenvalue weighted by atomic mass is 9.75. The molecule has 2 aromatic rings. The molecule has 2 heterocycles. The first-order chi connectivity index (χ1) is 17.5. The van der Waals surface area contributed by atoms with Crippen molar-refractivity contribution in [2.24, 2.45) is 5.41 Å². The molecule has 0 bridgehead atoms. The molecule has 0 unspecified atom stereocenters. The van der Waals surface area contributed by atoms with Crippen molar-refractivity contribution in [1.29, 1.82) is 0 Å². The highest BCUT2D eigenvalue weighted by Gasteiger charge is 2.46. The number of aliphatic carboxylic acids is 1. The quantitative estimate of drug-likeness (QED) is 0.634. The fraction of sp³-hybridized carbons (Fsp3) is 0.483. The molecule has 0 aromatic heterocycles. The monoisotopic (exact) mass is 489 g/mol. The van der Waals surface area contributed by atoms with E-state index in [9.17, 15) is 19.5 Å². The summed E-state index contributed by atoms with van der Waals surface area (Å²) in [6.45, 7) is 1.32. The number of fused-ring (bicyclic) bond motifs is 1. The van der Waals surface area contributed by atoms with Crippen LogP contribution in [0.25, 0.3) is 0 Å². The number of para-hydroxylation sites is 2. The number of amides is 3. The molecule has 1 saturated heterocycles. The van der Waals surface area contributed by atoms with Crippen LogP contribution in [0.3, 0.4) is 0 Å². The predicted octanol–water partition coefficient (Wildman–Crippen LogP) is 5.09. The Kier molecular flexibility index (Phi) is 6.99. The molecule has 36 heavy (non-hydrogen) atoms. The molecule has 7 nitrogen and oxygen atoms in total. The maximum Gasteiger partial charge on any atom is 0.324 e. The number of anilines is 2. The third-order valence-electron chi connectivity index (χ3n) is 8.30. The van der Waals surface area contributed by atoms with E-state index in [2.05, 4.69) is 0 Å². The lowest BCUT2D eigenvalue weighted by Crippen LogP contribution is -2.52. The number of likely N-dealkylation sites (tertiary alicyclic amines) is 1. The number of carbonyl (C=O) groups is 3. The van der Waals surface area contributed by atoms with E-state index in [4.69, 9.17) is 0 Å². The first-order valence-corrected chi connectivity index (χ1v) is 13.2. The van der Waals surface area contributed by atoms with Crippen molar-refractivity contribution in [2.75, 3.05) is 29.4 Å². The second-order valence-corrected chi connectivity index (χ2v) is 10.5. The summed E-state index contributed by atoms with van der Waals surface area (Å²) in [4.78, 5) is 45.0. The Morgan fingerprint density at radius 1 is 0.889 bits per heavy atom. The van der Waals surface area contributed by atoms with E-state index in [0.717, 1.165) is 49.0 Å². The van der Waals surface area contributed by atoms with Crippen LogP contribution in [0.4, 0.5) is 16.2 Å². The van der Waals surface area contributed by atoms with Gasteiger partial charge in [0.05, 0.1) is 5.41 Å². The first-order valence-electron chi connectivity index (χ1n) is 13.2. The summed E-state index contributed by atoms with van der Waals surface area (Å²) in [5.41, 5.74) is 1.80. The third-order valence-corrected chi connectivity index (χ3v) is 8.30. The number of hydrogen-bond acceptors (Lipinski definition) is 3. The fourth-order valence-corrected chi connectivity index (χ4v) is 6.16.